The molecule has 0 amide bonds. The van der Waals surface area contributed by atoms with Gasteiger partial charge in [0.05, 0.1) is 10.9 Å². The molecule has 3 aromatic carbocycles. The number of fused-ring (bicyclic) bond motifs is 3. The van der Waals surface area contributed by atoms with Crippen LogP contribution < -0.4 is 0 Å². The molecule has 126 valence electrons. The van der Waals surface area contributed by atoms with Crippen LogP contribution in [-0.2, 0) is 6.54 Å². The van der Waals surface area contributed by atoms with Crippen molar-refractivity contribution in [1.29, 1.82) is 0 Å². The third kappa shape index (κ3) is 2.92. The van der Waals surface area contributed by atoms with Gasteiger partial charge in [-0.2, -0.15) is 0 Å². The Bertz CT molecular complexity index is 1030. The first-order valence-electron chi connectivity index (χ1n) is 8.44. The normalized spacial score (nSPS) is 12.8. The Morgan fingerprint density at radius 2 is 1.60 bits per heavy atom. The van der Waals surface area contributed by atoms with E-state index < -0.39 is 0 Å². The maximum atomic E-state index is 6.55. The Labute approximate surface area is 157 Å². The molecule has 25 heavy (non-hydrogen) atoms. The van der Waals surface area contributed by atoms with Gasteiger partial charge in [0.1, 0.15) is 0 Å². The average molecular weight is 368 g/mol. The Balaban J connectivity index is 2.00. The van der Waals surface area contributed by atoms with E-state index in [0.717, 1.165) is 12.1 Å². The molecule has 4 aromatic rings. The van der Waals surface area contributed by atoms with Crippen LogP contribution in [0.3, 0.4) is 0 Å². The highest BCUT2D eigenvalue weighted by Crippen LogP contribution is 2.36. The van der Waals surface area contributed by atoms with Crippen molar-refractivity contribution in [2.24, 2.45) is 0 Å². The Kier molecular flexibility index (Phi) is 4.45. The van der Waals surface area contributed by atoms with Gasteiger partial charge in [0.25, 0.3) is 0 Å². The van der Waals surface area contributed by atoms with E-state index in [2.05, 4.69) is 78.2 Å². The SMILES string of the molecule is Cc1ccc(Cn2c3ccccc3c3cccc(C(Cl)CCl)c32)cc1. The summed E-state index contributed by atoms with van der Waals surface area (Å²) in [5.41, 5.74) is 6.06. The molecule has 0 aliphatic heterocycles. The van der Waals surface area contributed by atoms with E-state index in [-0.39, 0.29) is 5.38 Å². The molecule has 0 saturated carbocycles. The van der Waals surface area contributed by atoms with E-state index >= 15 is 0 Å². The predicted molar refractivity (Wildman–Crippen MR) is 109 cm³/mol. The van der Waals surface area contributed by atoms with Crippen molar-refractivity contribution in [3.63, 3.8) is 0 Å². The second-order valence-corrected chi connectivity index (χ2v) is 7.29. The number of halogens is 2. The number of rotatable bonds is 4. The van der Waals surface area contributed by atoms with Gasteiger partial charge in [0.2, 0.25) is 0 Å². The zero-order valence-electron chi connectivity index (χ0n) is 14.0. The molecule has 0 fully saturated rings. The maximum absolute atomic E-state index is 6.55. The molecular formula is C22H19Cl2N. The first kappa shape index (κ1) is 16.5. The van der Waals surface area contributed by atoms with Gasteiger partial charge in [0.15, 0.2) is 0 Å². The molecule has 0 radical (unpaired) electrons. The van der Waals surface area contributed by atoms with Gasteiger partial charge < -0.3 is 4.57 Å². The van der Waals surface area contributed by atoms with E-state index in [1.807, 2.05) is 0 Å². The summed E-state index contributed by atoms with van der Waals surface area (Å²) in [7, 11) is 0. The number of benzene rings is 3. The summed E-state index contributed by atoms with van der Waals surface area (Å²) in [5, 5.41) is 2.28. The van der Waals surface area contributed by atoms with Crippen LogP contribution in [0.2, 0.25) is 0 Å². The smallest absolute Gasteiger partial charge is 0.0741 e. The lowest BCUT2D eigenvalue weighted by Crippen LogP contribution is -2.03. The fraction of sp³-hybridized carbons (Fsp3) is 0.182. The van der Waals surface area contributed by atoms with Crippen LogP contribution in [0.5, 0.6) is 0 Å². The monoisotopic (exact) mass is 367 g/mol. The van der Waals surface area contributed by atoms with Crippen molar-refractivity contribution in [2.75, 3.05) is 5.88 Å². The number of aromatic nitrogens is 1. The Hall–Kier alpha value is -1.96. The molecular weight excluding hydrogens is 349 g/mol. The van der Waals surface area contributed by atoms with Gasteiger partial charge in [0, 0.05) is 28.7 Å². The van der Waals surface area contributed by atoms with E-state index in [1.54, 1.807) is 0 Å². The molecule has 0 N–H and O–H groups in total. The molecule has 0 saturated heterocycles. The third-order valence-corrected chi connectivity index (χ3v) is 5.61. The number of hydrogen-bond acceptors (Lipinski definition) is 0. The largest absolute Gasteiger partial charge is 0.336 e. The standard InChI is InChI=1S/C22H19Cl2N/c1-15-9-11-16(12-10-15)14-25-21-8-3-2-5-17(21)18-6-4-7-19(22(18)25)20(24)13-23/h2-12,20H,13-14H2,1H3. The zero-order valence-corrected chi connectivity index (χ0v) is 15.6. The first-order chi connectivity index (χ1) is 12.2. The molecule has 1 nitrogen and oxygen atoms in total. The lowest BCUT2D eigenvalue weighted by Gasteiger charge is -2.13. The van der Waals surface area contributed by atoms with Crippen molar-refractivity contribution in [3.8, 4) is 0 Å². The summed E-state index contributed by atoms with van der Waals surface area (Å²) in [6.45, 7) is 2.92. The zero-order chi connectivity index (χ0) is 17.4. The molecule has 1 atom stereocenters. The van der Waals surface area contributed by atoms with Gasteiger partial charge in [-0.3, -0.25) is 0 Å². The maximum Gasteiger partial charge on any atom is 0.0741 e. The highest BCUT2D eigenvalue weighted by Gasteiger charge is 2.17. The molecule has 3 heteroatoms. The summed E-state index contributed by atoms with van der Waals surface area (Å²) < 4.78 is 2.37. The quantitative estimate of drug-likeness (QED) is 0.355. The molecule has 1 aromatic heterocycles. The van der Waals surface area contributed by atoms with Crippen molar-refractivity contribution in [2.45, 2.75) is 18.8 Å². The van der Waals surface area contributed by atoms with Gasteiger partial charge >= 0.3 is 0 Å². The average Bonchev–Trinajstić information content (AvgIpc) is 2.97. The van der Waals surface area contributed by atoms with Crippen molar-refractivity contribution in [3.05, 3.63) is 83.4 Å². The number of hydrogen-bond donors (Lipinski definition) is 0. The predicted octanol–water partition coefficient (Wildman–Crippen LogP) is 6.67. The minimum atomic E-state index is -0.202. The van der Waals surface area contributed by atoms with E-state index in [9.17, 15) is 0 Å². The molecule has 1 unspecified atom stereocenters. The van der Waals surface area contributed by atoms with Gasteiger partial charge in [-0.05, 0) is 24.1 Å². The number of para-hydroxylation sites is 2. The van der Waals surface area contributed by atoms with Crippen molar-refractivity contribution >= 4 is 45.0 Å². The Morgan fingerprint density at radius 1 is 0.880 bits per heavy atom. The topological polar surface area (TPSA) is 4.93 Å². The van der Waals surface area contributed by atoms with Gasteiger partial charge in [-0.15, -0.1) is 23.2 Å². The van der Waals surface area contributed by atoms with Crippen LogP contribution in [0.1, 0.15) is 22.1 Å². The minimum absolute atomic E-state index is 0.202. The summed E-state index contributed by atoms with van der Waals surface area (Å²) >= 11 is 12.6. The summed E-state index contributed by atoms with van der Waals surface area (Å²) in [6, 6.07) is 23.6. The Morgan fingerprint density at radius 3 is 2.36 bits per heavy atom. The van der Waals surface area contributed by atoms with Crippen LogP contribution in [0.15, 0.2) is 66.7 Å². The van der Waals surface area contributed by atoms with Crippen LogP contribution in [-0.4, -0.2) is 10.4 Å². The number of aryl methyl sites for hydroxylation is 1. The van der Waals surface area contributed by atoms with E-state index in [0.29, 0.717) is 5.88 Å². The lowest BCUT2D eigenvalue weighted by molar-refractivity contribution is 0.860. The summed E-state index contributed by atoms with van der Waals surface area (Å²) in [5.74, 6) is 0.396. The molecule has 0 aliphatic rings. The molecule has 0 aliphatic carbocycles. The van der Waals surface area contributed by atoms with Crippen molar-refractivity contribution < 1.29 is 0 Å². The van der Waals surface area contributed by atoms with E-state index in [1.165, 1.54) is 32.9 Å². The highest BCUT2D eigenvalue weighted by molar-refractivity contribution is 6.29. The molecule has 0 bridgehead atoms. The highest BCUT2D eigenvalue weighted by atomic mass is 35.5. The number of alkyl halides is 2. The van der Waals surface area contributed by atoms with Gasteiger partial charge in [-0.25, -0.2) is 0 Å². The summed E-state index contributed by atoms with van der Waals surface area (Å²) in [4.78, 5) is 0. The molecule has 0 spiro atoms. The lowest BCUT2D eigenvalue weighted by atomic mass is 10.1. The first-order valence-corrected chi connectivity index (χ1v) is 9.41. The summed E-state index contributed by atoms with van der Waals surface area (Å²) in [6.07, 6.45) is 0. The fourth-order valence-corrected chi connectivity index (χ4v) is 3.86. The third-order valence-electron chi connectivity index (χ3n) is 4.76. The fourth-order valence-electron chi connectivity index (χ4n) is 3.51. The van der Waals surface area contributed by atoms with Crippen LogP contribution in [0.4, 0.5) is 0 Å². The number of nitrogens with zero attached hydrogens (tertiary/aromatic N) is 1. The molecule has 4 rings (SSSR count). The van der Waals surface area contributed by atoms with Gasteiger partial charge in [-0.1, -0.05) is 66.2 Å². The van der Waals surface area contributed by atoms with Crippen LogP contribution in [0, 0.1) is 6.92 Å². The van der Waals surface area contributed by atoms with Crippen LogP contribution >= 0.6 is 23.2 Å². The minimum Gasteiger partial charge on any atom is -0.336 e. The second-order valence-electron chi connectivity index (χ2n) is 6.45. The van der Waals surface area contributed by atoms with Crippen LogP contribution in [0.25, 0.3) is 21.8 Å². The van der Waals surface area contributed by atoms with Crippen molar-refractivity contribution in [1.82, 2.24) is 4.57 Å². The second kappa shape index (κ2) is 6.74. The molecule has 1 heterocycles. The van der Waals surface area contributed by atoms with E-state index in [4.69, 9.17) is 23.2 Å².